The van der Waals surface area contributed by atoms with Gasteiger partial charge in [0.25, 0.3) is 0 Å². The third-order valence-electron chi connectivity index (χ3n) is 5.58. The topological polar surface area (TPSA) is 107 Å². The smallest absolute Gasteiger partial charge is 0.243 e. The molecule has 2 saturated heterocycles. The summed E-state index contributed by atoms with van der Waals surface area (Å²) in [7, 11) is -6.79. The summed E-state index contributed by atoms with van der Waals surface area (Å²) in [6.07, 6.45) is 2.65. The summed E-state index contributed by atoms with van der Waals surface area (Å²) >= 11 is 0. The number of benzene rings is 1. The molecule has 30 heavy (non-hydrogen) atoms. The summed E-state index contributed by atoms with van der Waals surface area (Å²) in [6, 6.07) is 6.61. The van der Waals surface area contributed by atoms with Crippen LogP contribution in [-0.2, 0) is 24.8 Å². The lowest BCUT2D eigenvalue weighted by Gasteiger charge is -2.35. The van der Waals surface area contributed by atoms with Gasteiger partial charge in [-0.1, -0.05) is 17.7 Å². The van der Waals surface area contributed by atoms with E-state index in [2.05, 4.69) is 5.32 Å². The molecule has 0 bridgehead atoms. The van der Waals surface area contributed by atoms with E-state index < -0.39 is 20.0 Å². The minimum Gasteiger partial charge on any atom is -0.351 e. The van der Waals surface area contributed by atoms with Crippen LogP contribution >= 0.6 is 0 Å². The van der Waals surface area contributed by atoms with Crippen LogP contribution in [0.15, 0.2) is 29.2 Å². The van der Waals surface area contributed by atoms with Crippen LogP contribution in [-0.4, -0.2) is 94.4 Å². The van der Waals surface area contributed by atoms with Gasteiger partial charge in [0.2, 0.25) is 26.0 Å². The highest BCUT2D eigenvalue weighted by Gasteiger charge is 2.30. The molecule has 1 unspecified atom stereocenters. The molecule has 2 fully saturated rings. The van der Waals surface area contributed by atoms with E-state index in [1.807, 2.05) is 11.8 Å². The SMILES string of the molecule is Cc1ccc(S(=O)(=O)N2CCN(CC(=O)NC3CCCN(S(C)(=O)=O)C3)CC2)cc1. The Balaban J connectivity index is 1.48. The minimum absolute atomic E-state index is 0.162. The lowest BCUT2D eigenvalue weighted by molar-refractivity contribution is -0.123. The minimum atomic E-state index is -3.53. The third-order valence-corrected chi connectivity index (χ3v) is 8.76. The predicted molar refractivity (Wildman–Crippen MR) is 114 cm³/mol. The van der Waals surface area contributed by atoms with Gasteiger partial charge in [-0.05, 0) is 31.9 Å². The van der Waals surface area contributed by atoms with Gasteiger partial charge in [0.1, 0.15) is 0 Å². The van der Waals surface area contributed by atoms with Crippen molar-refractivity contribution >= 4 is 26.0 Å². The molecule has 11 heteroatoms. The molecule has 1 atom stereocenters. The van der Waals surface area contributed by atoms with Gasteiger partial charge in [-0.25, -0.2) is 21.1 Å². The third kappa shape index (κ3) is 5.79. The summed E-state index contributed by atoms with van der Waals surface area (Å²) < 4.78 is 51.8. The second kappa shape index (κ2) is 9.31. The molecular weight excluding hydrogens is 428 g/mol. The zero-order valence-electron chi connectivity index (χ0n) is 17.5. The van der Waals surface area contributed by atoms with Crippen molar-refractivity contribution in [3.05, 3.63) is 29.8 Å². The number of amides is 1. The van der Waals surface area contributed by atoms with Gasteiger partial charge in [-0.15, -0.1) is 0 Å². The highest BCUT2D eigenvalue weighted by atomic mass is 32.2. The first kappa shape index (κ1) is 23.1. The molecule has 0 saturated carbocycles. The van der Waals surface area contributed by atoms with Crippen molar-refractivity contribution in [3.63, 3.8) is 0 Å². The number of carbonyl (C=O) groups excluding carboxylic acids is 1. The van der Waals surface area contributed by atoms with Gasteiger partial charge in [-0.3, -0.25) is 9.69 Å². The number of hydrogen-bond acceptors (Lipinski definition) is 6. The van der Waals surface area contributed by atoms with E-state index >= 15 is 0 Å². The van der Waals surface area contributed by atoms with Gasteiger partial charge >= 0.3 is 0 Å². The maximum Gasteiger partial charge on any atom is 0.243 e. The normalized spacial score (nSPS) is 22.7. The molecule has 2 heterocycles. The quantitative estimate of drug-likeness (QED) is 0.635. The Kier molecular flexibility index (Phi) is 7.18. The number of piperidine rings is 1. The summed E-state index contributed by atoms with van der Waals surface area (Å²) in [5, 5.41) is 2.92. The van der Waals surface area contributed by atoms with Gasteiger partial charge in [0.15, 0.2) is 0 Å². The van der Waals surface area contributed by atoms with E-state index in [0.717, 1.165) is 12.0 Å². The van der Waals surface area contributed by atoms with Crippen LogP contribution in [0.2, 0.25) is 0 Å². The van der Waals surface area contributed by atoms with Gasteiger partial charge in [0.05, 0.1) is 17.7 Å². The van der Waals surface area contributed by atoms with Crippen molar-refractivity contribution in [1.29, 1.82) is 0 Å². The summed E-state index contributed by atoms with van der Waals surface area (Å²) in [4.78, 5) is 14.6. The second-order valence-corrected chi connectivity index (χ2v) is 11.9. The fourth-order valence-corrected chi connectivity index (χ4v) is 6.16. The van der Waals surface area contributed by atoms with Gasteiger partial charge < -0.3 is 5.32 Å². The highest BCUT2D eigenvalue weighted by molar-refractivity contribution is 7.89. The molecule has 0 aromatic heterocycles. The molecule has 168 valence electrons. The van der Waals surface area contributed by atoms with Crippen LogP contribution in [0.1, 0.15) is 18.4 Å². The number of hydrogen-bond donors (Lipinski definition) is 1. The van der Waals surface area contributed by atoms with E-state index in [0.29, 0.717) is 45.7 Å². The largest absolute Gasteiger partial charge is 0.351 e. The monoisotopic (exact) mass is 458 g/mol. The van der Waals surface area contributed by atoms with Crippen molar-refractivity contribution in [2.24, 2.45) is 0 Å². The first-order chi connectivity index (χ1) is 14.1. The Morgan fingerprint density at radius 1 is 1.00 bits per heavy atom. The predicted octanol–water partition coefficient (Wildman–Crippen LogP) is -0.158. The van der Waals surface area contributed by atoms with Gasteiger partial charge in [0, 0.05) is 45.3 Å². The molecule has 3 rings (SSSR count). The lowest BCUT2D eigenvalue weighted by Crippen LogP contribution is -2.54. The molecule has 1 N–H and O–H groups in total. The van der Waals surface area contributed by atoms with Crippen molar-refractivity contribution in [2.45, 2.75) is 30.7 Å². The maximum atomic E-state index is 12.8. The Hall–Kier alpha value is -1.53. The maximum absolute atomic E-state index is 12.8. The molecule has 1 aromatic carbocycles. The molecule has 2 aliphatic heterocycles. The Morgan fingerprint density at radius 2 is 1.63 bits per heavy atom. The highest BCUT2D eigenvalue weighted by Crippen LogP contribution is 2.18. The Labute approximate surface area is 179 Å². The first-order valence-corrected chi connectivity index (χ1v) is 13.4. The molecule has 0 radical (unpaired) electrons. The average Bonchev–Trinajstić information content (AvgIpc) is 2.68. The van der Waals surface area contributed by atoms with E-state index in [9.17, 15) is 21.6 Å². The first-order valence-electron chi connectivity index (χ1n) is 10.1. The van der Waals surface area contributed by atoms with Crippen molar-refractivity contribution in [3.8, 4) is 0 Å². The molecule has 0 spiro atoms. The van der Waals surface area contributed by atoms with E-state index in [1.165, 1.54) is 14.9 Å². The number of aryl methyl sites for hydroxylation is 1. The zero-order valence-corrected chi connectivity index (χ0v) is 19.1. The van der Waals surface area contributed by atoms with Crippen LogP contribution < -0.4 is 5.32 Å². The van der Waals surface area contributed by atoms with Gasteiger partial charge in [-0.2, -0.15) is 4.31 Å². The number of piperazine rings is 1. The van der Waals surface area contributed by atoms with E-state index in [4.69, 9.17) is 0 Å². The fourth-order valence-electron chi connectivity index (χ4n) is 3.83. The molecule has 1 amide bonds. The van der Waals surface area contributed by atoms with E-state index in [-0.39, 0.29) is 23.4 Å². The Bertz CT molecular complexity index is 955. The molecule has 2 aliphatic rings. The lowest BCUT2D eigenvalue weighted by atomic mass is 10.1. The van der Waals surface area contributed by atoms with Crippen LogP contribution in [0, 0.1) is 6.92 Å². The molecule has 1 aromatic rings. The molecular formula is C19H30N4O5S2. The summed E-state index contributed by atoms with van der Waals surface area (Å²) in [5.41, 5.74) is 1.00. The molecule has 0 aliphatic carbocycles. The van der Waals surface area contributed by atoms with Crippen molar-refractivity contribution in [2.75, 3.05) is 52.1 Å². The fraction of sp³-hybridized carbons (Fsp3) is 0.632. The Morgan fingerprint density at radius 3 is 2.23 bits per heavy atom. The standard InChI is InChI=1S/C19H30N4O5S2/c1-16-5-7-18(8-6-16)30(27,28)22-12-10-21(11-13-22)15-19(24)20-17-4-3-9-23(14-17)29(2,25)26/h5-8,17H,3-4,9-15H2,1-2H3,(H,20,24). The van der Waals surface area contributed by atoms with Crippen molar-refractivity contribution < 1.29 is 21.6 Å². The van der Waals surface area contributed by atoms with Crippen LogP contribution in [0.25, 0.3) is 0 Å². The van der Waals surface area contributed by atoms with E-state index in [1.54, 1.807) is 24.3 Å². The summed E-state index contributed by atoms with van der Waals surface area (Å²) in [5.74, 6) is -0.162. The van der Waals surface area contributed by atoms with Crippen LogP contribution in [0.4, 0.5) is 0 Å². The number of nitrogens with one attached hydrogen (secondary N) is 1. The number of sulfonamides is 2. The number of carbonyl (C=O) groups is 1. The molecule has 9 nitrogen and oxygen atoms in total. The second-order valence-electron chi connectivity index (χ2n) is 8.02. The summed E-state index contributed by atoms with van der Waals surface area (Å²) in [6.45, 7) is 4.47. The van der Waals surface area contributed by atoms with Crippen LogP contribution in [0.3, 0.4) is 0 Å². The average molecular weight is 459 g/mol. The number of nitrogens with zero attached hydrogens (tertiary/aromatic N) is 3. The zero-order chi connectivity index (χ0) is 21.9. The van der Waals surface area contributed by atoms with Crippen molar-refractivity contribution in [1.82, 2.24) is 18.8 Å². The van der Waals surface area contributed by atoms with Crippen LogP contribution in [0.5, 0.6) is 0 Å². The number of rotatable bonds is 6.